The Kier molecular flexibility index (Phi) is 6.47. The molecule has 0 bridgehead atoms. The predicted octanol–water partition coefficient (Wildman–Crippen LogP) is 1.16. The van der Waals surface area contributed by atoms with Crippen LogP contribution in [0.1, 0.15) is 20.8 Å². The molecule has 0 atom stereocenters. The SMILES string of the molecule is CCOCCNC(=O)OC(C)C. The van der Waals surface area contributed by atoms with Crippen molar-refractivity contribution in [3.63, 3.8) is 0 Å². The van der Waals surface area contributed by atoms with Crippen LogP contribution >= 0.6 is 0 Å². The first kappa shape index (κ1) is 11.2. The van der Waals surface area contributed by atoms with E-state index >= 15 is 0 Å². The summed E-state index contributed by atoms with van der Waals surface area (Å²) in [4.78, 5) is 10.8. The van der Waals surface area contributed by atoms with E-state index in [1.54, 1.807) is 0 Å². The molecule has 1 N–H and O–H groups in total. The zero-order valence-corrected chi connectivity index (χ0v) is 7.92. The van der Waals surface area contributed by atoms with Gasteiger partial charge in [0.05, 0.1) is 12.7 Å². The van der Waals surface area contributed by atoms with Crippen LogP contribution < -0.4 is 5.32 Å². The van der Waals surface area contributed by atoms with Gasteiger partial charge in [0.2, 0.25) is 0 Å². The summed E-state index contributed by atoms with van der Waals surface area (Å²) in [5, 5.41) is 2.56. The van der Waals surface area contributed by atoms with E-state index in [9.17, 15) is 4.79 Å². The van der Waals surface area contributed by atoms with Crippen LogP contribution in [0.25, 0.3) is 0 Å². The number of carbonyl (C=O) groups is 1. The van der Waals surface area contributed by atoms with E-state index < -0.39 is 0 Å². The number of carbonyl (C=O) groups excluding carboxylic acids is 1. The van der Waals surface area contributed by atoms with Gasteiger partial charge in [-0.1, -0.05) is 0 Å². The molecule has 0 saturated heterocycles. The molecule has 0 rings (SSSR count). The normalized spacial score (nSPS) is 10.0. The van der Waals surface area contributed by atoms with Crippen molar-refractivity contribution in [2.75, 3.05) is 19.8 Å². The first-order valence-corrected chi connectivity index (χ1v) is 4.19. The average molecular weight is 175 g/mol. The molecule has 0 aromatic rings. The van der Waals surface area contributed by atoms with Crippen LogP contribution in [0.2, 0.25) is 0 Å². The maximum atomic E-state index is 10.8. The van der Waals surface area contributed by atoms with Crippen LogP contribution in [0, 0.1) is 0 Å². The minimum atomic E-state index is -0.385. The molecule has 72 valence electrons. The van der Waals surface area contributed by atoms with Crippen LogP contribution in [0.4, 0.5) is 4.79 Å². The van der Waals surface area contributed by atoms with Gasteiger partial charge in [0.15, 0.2) is 0 Å². The molecule has 0 unspecified atom stereocenters. The lowest BCUT2D eigenvalue weighted by Gasteiger charge is -2.08. The van der Waals surface area contributed by atoms with Gasteiger partial charge in [-0.3, -0.25) is 0 Å². The van der Waals surface area contributed by atoms with E-state index in [1.165, 1.54) is 0 Å². The van der Waals surface area contributed by atoms with Crippen LogP contribution in [0.15, 0.2) is 0 Å². The summed E-state index contributed by atoms with van der Waals surface area (Å²) >= 11 is 0. The summed E-state index contributed by atoms with van der Waals surface area (Å²) in [5.74, 6) is 0. The number of alkyl carbamates (subject to hydrolysis) is 1. The minimum absolute atomic E-state index is 0.0721. The molecule has 12 heavy (non-hydrogen) atoms. The molecule has 1 amide bonds. The highest BCUT2D eigenvalue weighted by Crippen LogP contribution is 1.87. The lowest BCUT2D eigenvalue weighted by molar-refractivity contribution is 0.107. The summed E-state index contributed by atoms with van der Waals surface area (Å²) < 4.78 is 9.84. The smallest absolute Gasteiger partial charge is 0.407 e. The van der Waals surface area contributed by atoms with Crippen molar-refractivity contribution in [2.45, 2.75) is 26.9 Å². The van der Waals surface area contributed by atoms with Gasteiger partial charge >= 0.3 is 6.09 Å². The number of hydrogen-bond donors (Lipinski definition) is 1. The largest absolute Gasteiger partial charge is 0.447 e. The van der Waals surface area contributed by atoms with E-state index in [0.717, 1.165) is 0 Å². The summed E-state index contributed by atoms with van der Waals surface area (Å²) in [6.07, 6.45) is -0.457. The molecule has 0 aliphatic carbocycles. The quantitative estimate of drug-likeness (QED) is 0.638. The van der Waals surface area contributed by atoms with Crippen LogP contribution in [0.3, 0.4) is 0 Å². The first-order valence-electron chi connectivity index (χ1n) is 4.19. The Morgan fingerprint density at radius 3 is 2.67 bits per heavy atom. The lowest BCUT2D eigenvalue weighted by Crippen LogP contribution is -2.29. The molecule has 4 nitrogen and oxygen atoms in total. The molecule has 0 radical (unpaired) electrons. The molecule has 0 spiro atoms. The molecule has 0 aliphatic heterocycles. The third-order valence-electron chi connectivity index (χ3n) is 1.06. The minimum Gasteiger partial charge on any atom is -0.447 e. The lowest BCUT2D eigenvalue weighted by atomic mass is 10.5. The molecule has 0 aromatic carbocycles. The fourth-order valence-corrected chi connectivity index (χ4v) is 0.625. The molecule has 4 heteroatoms. The maximum Gasteiger partial charge on any atom is 0.407 e. The van der Waals surface area contributed by atoms with Crippen molar-refractivity contribution < 1.29 is 14.3 Å². The Morgan fingerprint density at radius 2 is 2.17 bits per heavy atom. The van der Waals surface area contributed by atoms with Crippen molar-refractivity contribution in [1.82, 2.24) is 5.32 Å². The number of hydrogen-bond acceptors (Lipinski definition) is 3. The van der Waals surface area contributed by atoms with Crippen molar-refractivity contribution >= 4 is 6.09 Å². The van der Waals surface area contributed by atoms with Crippen LogP contribution in [-0.2, 0) is 9.47 Å². The van der Waals surface area contributed by atoms with E-state index in [4.69, 9.17) is 9.47 Å². The van der Waals surface area contributed by atoms with Crippen molar-refractivity contribution in [1.29, 1.82) is 0 Å². The van der Waals surface area contributed by atoms with Gasteiger partial charge in [-0.05, 0) is 20.8 Å². The maximum absolute atomic E-state index is 10.8. The monoisotopic (exact) mass is 175 g/mol. The third kappa shape index (κ3) is 7.34. The topological polar surface area (TPSA) is 47.6 Å². The van der Waals surface area contributed by atoms with Gasteiger partial charge in [-0.15, -0.1) is 0 Å². The van der Waals surface area contributed by atoms with Gasteiger partial charge in [-0.2, -0.15) is 0 Å². The standard InChI is InChI=1S/C8H17NO3/c1-4-11-6-5-9-8(10)12-7(2)3/h7H,4-6H2,1-3H3,(H,9,10). The second kappa shape index (κ2) is 6.91. The van der Waals surface area contributed by atoms with Gasteiger partial charge in [0.25, 0.3) is 0 Å². The Morgan fingerprint density at radius 1 is 1.50 bits per heavy atom. The van der Waals surface area contributed by atoms with Crippen molar-refractivity contribution in [2.24, 2.45) is 0 Å². The van der Waals surface area contributed by atoms with Gasteiger partial charge < -0.3 is 14.8 Å². The Balaban J connectivity index is 3.20. The first-order chi connectivity index (χ1) is 5.66. The molecular weight excluding hydrogens is 158 g/mol. The molecule has 0 aliphatic rings. The second-order valence-electron chi connectivity index (χ2n) is 2.58. The Labute approximate surface area is 73.2 Å². The molecule has 0 fully saturated rings. The van der Waals surface area contributed by atoms with Gasteiger partial charge in [0.1, 0.15) is 0 Å². The van der Waals surface area contributed by atoms with Crippen molar-refractivity contribution in [3.05, 3.63) is 0 Å². The van der Waals surface area contributed by atoms with E-state index in [2.05, 4.69) is 5.32 Å². The fourth-order valence-electron chi connectivity index (χ4n) is 0.625. The molecule has 0 saturated carbocycles. The fraction of sp³-hybridized carbons (Fsp3) is 0.875. The van der Waals surface area contributed by atoms with Gasteiger partial charge in [-0.25, -0.2) is 4.79 Å². The van der Waals surface area contributed by atoms with E-state index in [0.29, 0.717) is 19.8 Å². The zero-order chi connectivity index (χ0) is 9.40. The Bertz CT molecular complexity index is 125. The highest BCUT2D eigenvalue weighted by molar-refractivity contribution is 5.67. The highest BCUT2D eigenvalue weighted by atomic mass is 16.6. The second-order valence-corrected chi connectivity index (χ2v) is 2.58. The third-order valence-corrected chi connectivity index (χ3v) is 1.06. The predicted molar refractivity (Wildman–Crippen MR) is 46.1 cm³/mol. The van der Waals surface area contributed by atoms with Crippen LogP contribution in [-0.4, -0.2) is 32.0 Å². The summed E-state index contributed by atoms with van der Waals surface area (Å²) in [7, 11) is 0. The van der Waals surface area contributed by atoms with Gasteiger partial charge in [0, 0.05) is 13.2 Å². The summed E-state index contributed by atoms with van der Waals surface area (Å²) in [6, 6.07) is 0. The average Bonchev–Trinajstić information content (AvgIpc) is 1.97. The van der Waals surface area contributed by atoms with Crippen molar-refractivity contribution in [3.8, 4) is 0 Å². The highest BCUT2D eigenvalue weighted by Gasteiger charge is 2.02. The molecule has 0 heterocycles. The van der Waals surface area contributed by atoms with E-state index in [1.807, 2.05) is 20.8 Å². The Hall–Kier alpha value is -0.770. The van der Waals surface area contributed by atoms with Crippen LogP contribution in [0.5, 0.6) is 0 Å². The number of nitrogens with one attached hydrogen (secondary N) is 1. The zero-order valence-electron chi connectivity index (χ0n) is 7.92. The summed E-state index contributed by atoms with van der Waals surface area (Å²) in [6.45, 7) is 7.22. The molecular formula is C8H17NO3. The van der Waals surface area contributed by atoms with E-state index in [-0.39, 0.29) is 12.2 Å². The number of amides is 1. The molecule has 0 aromatic heterocycles. The summed E-state index contributed by atoms with van der Waals surface area (Å²) in [5.41, 5.74) is 0. The number of ether oxygens (including phenoxy) is 2. The number of rotatable bonds is 5.